The van der Waals surface area contributed by atoms with Gasteiger partial charge in [-0.05, 0) is 116 Å². The molecule has 0 saturated carbocycles. The summed E-state index contributed by atoms with van der Waals surface area (Å²) in [4.78, 5) is 13.3. The van der Waals surface area contributed by atoms with Crippen molar-refractivity contribution in [2.24, 2.45) is 0 Å². The number of allylic oxidation sites excluding steroid dienone is 25. The molecule has 92 heavy (non-hydrogen) atoms. The van der Waals surface area contributed by atoms with E-state index in [-0.39, 0.29) is 18.9 Å². The molecule has 9 N–H and O–H groups in total. The van der Waals surface area contributed by atoms with E-state index >= 15 is 0 Å². The van der Waals surface area contributed by atoms with Gasteiger partial charge in [-0.2, -0.15) is 0 Å². The molecule has 0 radical (unpaired) electrons. The van der Waals surface area contributed by atoms with Gasteiger partial charge in [-0.1, -0.05) is 268 Å². The molecule has 0 aromatic rings. The van der Waals surface area contributed by atoms with Crippen molar-refractivity contribution in [3.05, 3.63) is 158 Å². The average Bonchev–Trinajstić information content (AvgIpc) is 1.05. The van der Waals surface area contributed by atoms with E-state index in [9.17, 15) is 45.6 Å². The van der Waals surface area contributed by atoms with Crippen molar-refractivity contribution in [3.8, 4) is 0 Å². The first-order valence-electron chi connectivity index (χ1n) is 35.7. The molecule has 2 heterocycles. The fourth-order valence-corrected chi connectivity index (χ4v) is 10.5. The van der Waals surface area contributed by atoms with Crippen molar-refractivity contribution >= 4 is 5.91 Å². The van der Waals surface area contributed by atoms with Gasteiger partial charge in [0.15, 0.2) is 12.6 Å². The highest BCUT2D eigenvalue weighted by Crippen LogP contribution is 2.30. The van der Waals surface area contributed by atoms with E-state index in [0.717, 1.165) is 116 Å². The summed E-state index contributed by atoms with van der Waals surface area (Å²) >= 11 is 0. The van der Waals surface area contributed by atoms with Crippen molar-refractivity contribution in [1.29, 1.82) is 0 Å². The van der Waals surface area contributed by atoms with Crippen LogP contribution in [0.1, 0.15) is 232 Å². The minimum atomic E-state index is -1.80. The third-order valence-electron chi connectivity index (χ3n) is 16.2. The molecule has 2 aliphatic heterocycles. The lowest BCUT2D eigenvalue weighted by Crippen LogP contribution is -2.65. The fraction of sp³-hybridized carbons (Fsp3) is 0.654. The van der Waals surface area contributed by atoms with Gasteiger partial charge < -0.3 is 65.1 Å². The standard InChI is InChI=1S/C78H127NO13/c1-3-5-7-9-11-13-15-17-19-21-23-24-25-26-27-28-29-30-31-32-33-34-35-36-37-38-39-40-41-42-44-46-48-50-52-54-56-58-60-62-70(83)79-66(67(82)61-59-57-55-53-51-49-47-45-43-22-20-18-16-14-12-10-8-6-4-2)65-89-77-75(88)73(86)76(69(64-81)91-77)92-78-74(87)72(85)71(84)68(63-80)90-78/h5,7,11,13,17,19,23-24,26-27,29-30,32-33,35-36,38-39,41-42,46,48,51,53,59,61,66-69,71-78,80-82,84-88H,3-4,6,8-10,12,14-16,18,20-22,25,28,31,34,37,40,43-45,47,49-50,52,54-58,60,62-65H2,1-2H3,(H,79,83)/b7-5-,13-11-,19-17-,24-23-,27-26-,30-29-,33-32-,36-35-,39-38-,42-41-,48-46-,53-51+,61-59+. The van der Waals surface area contributed by atoms with Gasteiger partial charge in [-0.15, -0.1) is 0 Å². The lowest BCUT2D eigenvalue weighted by molar-refractivity contribution is -0.359. The van der Waals surface area contributed by atoms with Gasteiger partial charge in [0, 0.05) is 6.42 Å². The van der Waals surface area contributed by atoms with Crippen LogP contribution >= 0.6 is 0 Å². The van der Waals surface area contributed by atoms with Gasteiger partial charge >= 0.3 is 0 Å². The first-order chi connectivity index (χ1) is 45.1. The number of carbonyl (C=O) groups excluding carboxylic acids is 1. The van der Waals surface area contributed by atoms with E-state index in [0.29, 0.717) is 12.8 Å². The number of rotatable bonds is 56. The Morgan fingerprint density at radius 2 is 0.761 bits per heavy atom. The number of nitrogens with one attached hydrogen (secondary N) is 1. The quantitative estimate of drug-likeness (QED) is 0.0204. The van der Waals surface area contributed by atoms with Crippen molar-refractivity contribution in [1.82, 2.24) is 5.32 Å². The monoisotopic (exact) mass is 1290 g/mol. The predicted octanol–water partition coefficient (Wildman–Crippen LogP) is 15.0. The van der Waals surface area contributed by atoms with Gasteiger partial charge in [0.05, 0.1) is 32.0 Å². The summed E-state index contributed by atoms with van der Waals surface area (Å²) in [6.45, 7) is 2.65. The van der Waals surface area contributed by atoms with Gasteiger partial charge in [-0.25, -0.2) is 0 Å². The molecule has 14 nitrogen and oxygen atoms in total. The Morgan fingerprint density at radius 3 is 1.20 bits per heavy atom. The SMILES string of the molecule is CC/C=C\C/C=C\C/C=C\C/C=C\C/C=C\C/C=C\C/C=C\C/C=C\C/C=C\C/C=C\C/C=C\CCCCCCCC(=O)NC(COC1OC(CO)C(OC2OC(CO)C(O)C(O)C2O)C(O)C1O)C(O)/C=C/CC/C=C/CCCCCCCCCCCCCCC. The van der Waals surface area contributed by atoms with Crippen LogP contribution < -0.4 is 5.32 Å². The minimum absolute atomic E-state index is 0.240. The van der Waals surface area contributed by atoms with Gasteiger partial charge in [0.25, 0.3) is 0 Å². The molecule has 2 aliphatic rings. The molecule has 0 aromatic carbocycles. The summed E-state index contributed by atoms with van der Waals surface area (Å²) < 4.78 is 22.8. The second kappa shape index (κ2) is 60.3. The lowest BCUT2D eigenvalue weighted by atomic mass is 9.97. The number of carbonyl (C=O) groups is 1. The zero-order valence-corrected chi connectivity index (χ0v) is 56.7. The van der Waals surface area contributed by atoms with Crippen LogP contribution in [-0.4, -0.2) is 140 Å². The topological polar surface area (TPSA) is 228 Å². The van der Waals surface area contributed by atoms with Crippen LogP contribution in [0.2, 0.25) is 0 Å². The zero-order chi connectivity index (χ0) is 66.6. The molecular formula is C78H127NO13. The number of hydrogen-bond acceptors (Lipinski definition) is 13. The molecule has 0 aliphatic carbocycles. The Hall–Kier alpha value is -4.39. The van der Waals surface area contributed by atoms with Crippen molar-refractivity contribution in [2.45, 2.75) is 306 Å². The number of unbranched alkanes of at least 4 members (excludes halogenated alkanes) is 19. The highest BCUT2D eigenvalue weighted by atomic mass is 16.7. The number of ether oxygens (including phenoxy) is 4. The number of aliphatic hydroxyl groups is 8. The van der Waals surface area contributed by atoms with E-state index in [2.05, 4.69) is 165 Å². The molecular weight excluding hydrogens is 1160 g/mol. The molecule has 0 spiro atoms. The summed E-state index contributed by atoms with van der Waals surface area (Å²) in [6.07, 6.45) is 75.8. The molecule has 1 amide bonds. The Bertz CT molecular complexity index is 2150. The molecule has 0 bridgehead atoms. The maximum Gasteiger partial charge on any atom is 0.220 e. The van der Waals surface area contributed by atoms with E-state index in [1.807, 2.05) is 6.08 Å². The second-order valence-electron chi connectivity index (χ2n) is 24.3. The Balaban J connectivity index is 1.68. The number of hydrogen-bond donors (Lipinski definition) is 9. The highest BCUT2D eigenvalue weighted by molar-refractivity contribution is 5.76. The zero-order valence-electron chi connectivity index (χ0n) is 56.7. The first kappa shape index (κ1) is 83.7. The van der Waals surface area contributed by atoms with Crippen LogP contribution in [0.15, 0.2) is 158 Å². The maximum atomic E-state index is 13.3. The molecule has 2 fully saturated rings. The normalized spacial score (nSPS) is 23.7. The smallest absolute Gasteiger partial charge is 0.220 e. The van der Waals surface area contributed by atoms with E-state index in [1.165, 1.54) is 83.5 Å². The molecule has 2 saturated heterocycles. The number of amides is 1. The summed E-state index contributed by atoms with van der Waals surface area (Å²) in [6, 6.07) is -0.955. The third kappa shape index (κ3) is 43.6. The third-order valence-corrected chi connectivity index (χ3v) is 16.2. The second-order valence-corrected chi connectivity index (χ2v) is 24.3. The van der Waals surface area contributed by atoms with Crippen molar-refractivity contribution < 1.29 is 64.6 Å². The van der Waals surface area contributed by atoms with E-state index in [4.69, 9.17) is 18.9 Å². The molecule has 14 heteroatoms. The van der Waals surface area contributed by atoms with Crippen LogP contribution in [-0.2, 0) is 23.7 Å². The van der Waals surface area contributed by atoms with Crippen LogP contribution in [0.5, 0.6) is 0 Å². The Kier molecular flexibility index (Phi) is 54.8. The Morgan fingerprint density at radius 1 is 0.402 bits per heavy atom. The minimum Gasteiger partial charge on any atom is -0.394 e. The van der Waals surface area contributed by atoms with E-state index in [1.54, 1.807) is 6.08 Å². The first-order valence-corrected chi connectivity index (χ1v) is 35.7. The highest BCUT2D eigenvalue weighted by Gasteiger charge is 2.51. The van der Waals surface area contributed by atoms with Gasteiger partial charge in [-0.3, -0.25) is 4.79 Å². The molecule has 12 unspecified atom stereocenters. The van der Waals surface area contributed by atoms with Gasteiger partial charge in [0.1, 0.15) is 48.8 Å². The maximum absolute atomic E-state index is 13.3. The van der Waals surface area contributed by atoms with Gasteiger partial charge in [0.2, 0.25) is 5.91 Å². The van der Waals surface area contributed by atoms with Crippen LogP contribution in [0.4, 0.5) is 0 Å². The van der Waals surface area contributed by atoms with Crippen LogP contribution in [0.3, 0.4) is 0 Å². The van der Waals surface area contributed by atoms with Crippen molar-refractivity contribution in [2.75, 3.05) is 19.8 Å². The summed E-state index contributed by atoms with van der Waals surface area (Å²) in [5.41, 5.74) is 0. The molecule has 2 rings (SSSR count). The van der Waals surface area contributed by atoms with Crippen LogP contribution in [0.25, 0.3) is 0 Å². The molecule has 522 valence electrons. The molecule has 12 atom stereocenters. The fourth-order valence-electron chi connectivity index (χ4n) is 10.5. The largest absolute Gasteiger partial charge is 0.394 e. The van der Waals surface area contributed by atoms with E-state index < -0.39 is 86.8 Å². The molecule has 0 aromatic heterocycles. The summed E-state index contributed by atoms with van der Waals surface area (Å²) in [5, 5.41) is 87.4. The predicted molar refractivity (Wildman–Crippen MR) is 377 cm³/mol. The number of aliphatic hydroxyl groups excluding tert-OH is 8. The average molecular weight is 1290 g/mol. The van der Waals surface area contributed by atoms with Crippen molar-refractivity contribution in [3.63, 3.8) is 0 Å². The summed E-state index contributed by atoms with van der Waals surface area (Å²) in [5.74, 6) is -0.274. The Labute approximate surface area is 556 Å². The summed E-state index contributed by atoms with van der Waals surface area (Å²) in [7, 11) is 0. The lowest BCUT2D eigenvalue weighted by Gasteiger charge is -2.46. The van der Waals surface area contributed by atoms with Crippen LogP contribution in [0, 0.1) is 0 Å².